The summed E-state index contributed by atoms with van der Waals surface area (Å²) in [4.78, 5) is 28.2. The van der Waals surface area contributed by atoms with E-state index in [1.807, 2.05) is 37.3 Å². The molecule has 0 saturated heterocycles. The molecule has 9 nitrogen and oxygen atoms in total. The van der Waals surface area contributed by atoms with E-state index in [-0.39, 0.29) is 23.0 Å². The number of nitrogens with zero attached hydrogens (tertiary/aromatic N) is 4. The minimum absolute atomic E-state index is 0.0468. The summed E-state index contributed by atoms with van der Waals surface area (Å²) in [6, 6.07) is 8.84. The van der Waals surface area contributed by atoms with Crippen molar-refractivity contribution < 1.29 is 32.3 Å². The topological polar surface area (TPSA) is 100 Å². The Morgan fingerprint density at radius 2 is 1.90 bits per heavy atom. The van der Waals surface area contributed by atoms with Gasteiger partial charge in [0.25, 0.3) is 0 Å². The minimum Gasteiger partial charge on any atom is -0.466 e. The normalized spacial score (nSPS) is 11.4. The number of ether oxygens (including phenoxy) is 2. The molecule has 0 radical (unpaired) electrons. The van der Waals surface area contributed by atoms with Gasteiger partial charge in [0, 0.05) is 6.54 Å². The average molecular weight is 439 g/mol. The lowest BCUT2D eigenvalue weighted by Gasteiger charge is -2.11. The zero-order chi connectivity index (χ0) is 22.4. The molecule has 166 valence electrons. The SMILES string of the molecule is CCCCOc1nc(NCc2ccccc2)c2nc(OC)n(OC(=O)C(F)(F)F)c2n1. The highest BCUT2D eigenvalue weighted by molar-refractivity contribution is 5.85. The first kappa shape index (κ1) is 22.1. The number of hydrogen-bond donors (Lipinski definition) is 1. The zero-order valence-electron chi connectivity index (χ0n) is 16.8. The number of fused-ring (bicyclic) bond motifs is 1. The molecule has 2 heterocycles. The molecule has 3 rings (SSSR count). The van der Waals surface area contributed by atoms with E-state index in [0.29, 0.717) is 17.9 Å². The second kappa shape index (κ2) is 9.49. The fraction of sp³-hybridized carbons (Fsp3) is 0.368. The van der Waals surface area contributed by atoms with Crippen LogP contribution in [0.25, 0.3) is 11.2 Å². The molecular formula is C19H20F3N5O4. The van der Waals surface area contributed by atoms with Gasteiger partial charge < -0.3 is 19.6 Å². The molecule has 1 aromatic carbocycles. The number of hydrogen-bond acceptors (Lipinski definition) is 8. The molecular weight excluding hydrogens is 419 g/mol. The minimum atomic E-state index is -5.22. The number of anilines is 1. The lowest BCUT2D eigenvalue weighted by atomic mass is 10.2. The third kappa shape index (κ3) is 5.32. The molecule has 0 amide bonds. The van der Waals surface area contributed by atoms with Gasteiger partial charge in [-0.25, -0.2) is 4.79 Å². The standard InChI is InChI=1S/C19H20F3N5O4/c1-3-4-10-30-17-25-14(23-11-12-8-6-5-7-9-12)13-15(26-17)27(18(24-13)29-2)31-16(28)19(20,21)22/h5-9H,3-4,10-11H2,1-2H3,(H,23,25,26). The van der Waals surface area contributed by atoms with Crippen molar-refractivity contribution in [2.75, 3.05) is 19.0 Å². The first-order valence-electron chi connectivity index (χ1n) is 9.38. The van der Waals surface area contributed by atoms with Crippen molar-refractivity contribution in [2.24, 2.45) is 0 Å². The summed E-state index contributed by atoms with van der Waals surface area (Å²) in [5.41, 5.74) is 0.759. The second-order valence-corrected chi connectivity index (χ2v) is 6.34. The van der Waals surface area contributed by atoms with E-state index in [1.54, 1.807) is 0 Å². The number of carbonyl (C=O) groups excluding carboxylic acids is 1. The van der Waals surface area contributed by atoms with Crippen molar-refractivity contribution in [3.05, 3.63) is 35.9 Å². The van der Waals surface area contributed by atoms with Crippen LogP contribution in [0, 0.1) is 0 Å². The molecule has 0 atom stereocenters. The first-order valence-corrected chi connectivity index (χ1v) is 9.38. The van der Waals surface area contributed by atoms with Gasteiger partial charge >= 0.3 is 24.2 Å². The van der Waals surface area contributed by atoms with Crippen molar-refractivity contribution in [2.45, 2.75) is 32.5 Å². The van der Waals surface area contributed by atoms with Gasteiger partial charge in [0.2, 0.25) is 5.65 Å². The number of alkyl halides is 3. The summed E-state index contributed by atoms with van der Waals surface area (Å²) < 4.78 is 49.1. The van der Waals surface area contributed by atoms with Crippen LogP contribution < -0.4 is 19.6 Å². The fourth-order valence-electron chi connectivity index (χ4n) is 2.52. The lowest BCUT2D eigenvalue weighted by Crippen LogP contribution is -2.33. The van der Waals surface area contributed by atoms with Gasteiger partial charge in [-0.1, -0.05) is 48.4 Å². The van der Waals surface area contributed by atoms with Gasteiger partial charge in [-0.2, -0.15) is 28.1 Å². The second-order valence-electron chi connectivity index (χ2n) is 6.34. The van der Waals surface area contributed by atoms with Crippen LogP contribution in [-0.2, 0) is 11.3 Å². The van der Waals surface area contributed by atoms with Crippen LogP contribution >= 0.6 is 0 Å². The van der Waals surface area contributed by atoms with Crippen molar-refractivity contribution in [3.8, 4) is 12.0 Å². The highest BCUT2D eigenvalue weighted by Gasteiger charge is 2.43. The van der Waals surface area contributed by atoms with Crippen molar-refractivity contribution >= 4 is 23.0 Å². The summed E-state index contributed by atoms with van der Waals surface area (Å²) in [5.74, 6) is -2.27. The molecule has 0 spiro atoms. The van der Waals surface area contributed by atoms with E-state index in [0.717, 1.165) is 18.4 Å². The van der Waals surface area contributed by atoms with E-state index in [4.69, 9.17) is 9.47 Å². The molecule has 0 unspecified atom stereocenters. The first-order chi connectivity index (χ1) is 14.8. The molecule has 0 aliphatic rings. The molecule has 3 aromatic rings. The average Bonchev–Trinajstić information content (AvgIpc) is 3.10. The largest absolute Gasteiger partial charge is 0.493 e. The summed E-state index contributed by atoms with van der Waals surface area (Å²) in [6.07, 6.45) is -3.64. The molecule has 12 heteroatoms. The van der Waals surface area contributed by atoms with Gasteiger partial charge in [-0.3, -0.25) is 0 Å². The highest BCUT2D eigenvalue weighted by atomic mass is 19.4. The van der Waals surface area contributed by atoms with Crippen molar-refractivity contribution in [1.82, 2.24) is 19.7 Å². The molecule has 0 bridgehead atoms. The Morgan fingerprint density at radius 3 is 2.55 bits per heavy atom. The Labute approximate surface area is 175 Å². The maximum absolute atomic E-state index is 12.7. The molecule has 31 heavy (non-hydrogen) atoms. The number of benzene rings is 1. The quantitative estimate of drug-likeness (QED) is 0.508. The number of rotatable bonds is 9. The Morgan fingerprint density at radius 1 is 1.16 bits per heavy atom. The van der Waals surface area contributed by atoms with Crippen LogP contribution in [-0.4, -0.2) is 45.5 Å². The van der Waals surface area contributed by atoms with E-state index in [2.05, 4.69) is 25.1 Å². The van der Waals surface area contributed by atoms with Crippen LogP contribution in [0.2, 0.25) is 0 Å². The van der Waals surface area contributed by atoms with Crippen LogP contribution in [0.5, 0.6) is 12.0 Å². The van der Waals surface area contributed by atoms with Crippen LogP contribution in [0.1, 0.15) is 25.3 Å². The molecule has 0 aliphatic heterocycles. The van der Waals surface area contributed by atoms with Crippen LogP contribution in [0.3, 0.4) is 0 Å². The Bertz CT molecular complexity index is 1040. The zero-order valence-corrected chi connectivity index (χ0v) is 16.8. The van der Waals surface area contributed by atoms with Gasteiger partial charge in [0.15, 0.2) is 11.3 Å². The van der Waals surface area contributed by atoms with Gasteiger partial charge in [-0.15, -0.1) is 0 Å². The highest BCUT2D eigenvalue weighted by Crippen LogP contribution is 2.27. The molecule has 2 aromatic heterocycles. The van der Waals surface area contributed by atoms with Crippen molar-refractivity contribution in [1.29, 1.82) is 0 Å². The maximum atomic E-state index is 12.7. The van der Waals surface area contributed by atoms with E-state index in [9.17, 15) is 18.0 Å². The maximum Gasteiger partial charge on any atom is 0.493 e. The number of carbonyl (C=O) groups is 1. The van der Waals surface area contributed by atoms with Gasteiger partial charge in [0.1, 0.15) is 0 Å². The van der Waals surface area contributed by atoms with Crippen LogP contribution in [0.15, 0.2) is 30.3 Å². The lowest BCUT2D eigenvalue weighted by molar-refractivity contribution is -0.199. The molecule has 0 saturated carbocycles. The number of imidazole rings is 1. The molecule has 0 aliphatic carbocycles. The number of methoxy groups -OCH3 is 1. The van der Waals surface area contributed by atoms with Gasteiger partial charge in [0.05, 0.1) is 13.7 Å². The predicted octanol–water partition coefficient (Wildman–Crippen LogP) is 3.14. The van der Waals surface area contributed by atoms with Crippen molar-refractivity contribution in [3.63, 3.8) is 0 Å². The van der Waals surface area contributed by atoms with E-state index in [1.165, 1.54) is 7.11 Å². The summed E-state index contributed by atoms with van der Waals surface area (Å²) >= 11 is 0. The number of aromatic nitrogens is 4. The number of unbranched alkanes of at least 4 members (excludes halogenated alkanes) is 1. The predicted molar refractivity (Wildman–Crippen MR) is 104 cm³/mol. The monoisotopic (exact) mass is 439 g/mol. The Kier molecular flexibility index (Phi) is 6.78. The van der Waals surface area contributed by atoms with E-state index < -0.39 is 18.2 Å². The Balaban J connectivity index is 2.02. The fourth-order valence-corrected chi connectivity index (χ4v) is 2.52. The number of halogens is 3. The smallest absolute Gasteiger partial charge is 0.466 e. The van der Waals surface area contributed by atoms with E-state index >= 15 is 0 Å². The third-order valence-electron chi connectivity index (χ3n) is 4.04. The summed E-state index contributed by atoms with van der Waals surface area (Å²) in [5, 5.41) is 3.06. The molecule has 0 fully saturated rings. The van der Waals surface area contributed by atoms with Crippen LogP contribution in [0.4, 0.5) is 19.0 Å². The summed E-state index contributed by atoms with van der Waals surface area (Å²) in [7, 11) is 1.17. The summed E-state index contributed by atoms with van der Waals surface area (Å²) in [6.45, 7) is 2.61. The number of nitrogens with one attached hydrogen (secondary N) is 1. The van der Waals surface area contributed by atoms with Gasteiger partial charge in [-0.05, 0) is 12.0 Å². The Hall–Kier alpha value is -3.57. The third-order valence-corrected chi connectivity index (χ3v) is 4.04. The molecule has 1 N–H and O–H groups in total.